The van der Waals surface area contributed by atoms with E-state index in [-0.39, 0.29) is 5.91 Å². The first kappa shape index (κ1) is 14.0. The lowest BCUT2D eigenvalue weighted by Gasteiger charge is -2.06. The zero-order chi connectivity index (χ0) is 13.5. The van der Waals surface area contributed by atoms with Gasteiger partial charge in [-0.3, -0.25) is 4.79 Å². The predicted octanol–water partition coefficient (Wildman–Crippen LogP) is 1.84. The fraction of sp³-hybridized carbons (Fsp3) is 0.533. The van der Waals surface area contributed by atoms with Crippen LogP contribution in [0.1, 0.15) is 40.7 Å². The number of nitrogens with one attached hydrogen (secondary N) is 2. The van der Waals surface area contributed by atoms with Crippen molar-refractivity contribution in [2.24, 2.45) is 0 Å². The van der Waals surface area contributed by atoms with Crippen LogP contribution in [0.2, 0.25) is 0 Å². The highest BCUT2D eigenvalue weighted by Gasteiger charge is 2.12. The van der Waals surface area contributed by atoms with Crippen molar-refractivity contribution in [3.63, 3.8) is 0 Å². The van der Waals surface area contributed by atoms with Crippen LogP contribution in [-0.2, 0) is 17.8 Å². The standard InChI is InChI=1S/C15H22N2O2/c1-19-8-4-2-3-7-17-15(18)12-5-6-13-10-16-11-14(13)9-12/h5-6,9,16H,2-4,7-8,10-11H2,1H3,(H,17,18). The summed E-state index contributed by atoms with van der Waals surface area (Å²) in [6.45, 7) is 3.31. The zero-order valence-electron chi connectivity index (χ0n) is 11.5. The van der Waals surface area contributed by atoms with Gasteiger partial charge in [-0.05, 0) is 42.5 Å². The maximum Gasteiger partial charge on any atom is 0.251 e. The zero-order valence-corrected chi connectivity index (χ0v) is 11.5. The molecule has 4 heteroatoms. The van der Waals surface area contributed by atoms with Gasteiger partial charge in [-0.25, -0.2) is 0 Å². The van der Waals surface area contributed by atoms with Crippen LogP contribution < -0.4 is 10.6 Å². The van der Waals surface area contributed by atoms with Gasteiger partial charge in [-0.15, -0.1) is 0 Å². The van der Waals surface area contributed by atoms with Crippen LogP contribution in [-0.4, -0.2) is 26.2 Å². The number of hydrogen-bond acceptors (Lipinski definition) is 3. The lowest BCUT2D eigenvalue weighted by molar-refractivity contribution is 0.0952. The topological polar surface area (TPSA) is 50.4 Å². The molecule has 0 saturated carbocycles. The number of benzene rings is 1. The summed E-state index contributed by atoms with van der Waals surface area (Å²) in [5.74, 6) is 0.0291. The molecule has 0 radical (unpaired) electrons. The van der Waals surface area contributed by atoms with Gasteiger partial charge >= 0.3 is 0 Å². The summed E-state index contributed by atoms with van der Waals surface area (Å²) in [5, 5.41) is 6.25. The van der Waals surface area contributed by atoms with Crippen molar-refractivity contribution in [2.45, 2.75) is 32.4 Å². The molecule has 1 aliphatic rings. The number of hydrogen-bond donors (Lipinski definition) is 2. The van der Waals surface area contributed by atoms with Gasteiger partial charge in [-0.1, -0.05) is 6.07 Å². The predicted molar refractivity (Wildman–Crippen MR) is 75.0 cm³/mol. The Labute approximate surface area is 114 Å². The summed E-state index contributed by atoms with van der Waals surface area (Å²) < 4.78 is 4.99. The Morgan fingerprint density at radius 1 is 1.26 bits per heavy atom. The Balaban J connectivity index is 1.74. The Bertz CT molecular complexity index is 432. The number of carbonyl (C=O) groups is 1. The lowest BCUT2D eigenvalue weighted by atomic mass is 10.1. The quantitative estimate of drug-likeness (QED) is 0.737. The van der Waals surface area contributed by atoms with Crippen molar-refractivity contribution in [1.82, 2.24) is 10.6 Å². The third-order valence-electron chi connectivity index (χ3n) is 3.41. The second-order valence-electron chi connectivity index (χ2n) is 4.90. The first-order valence-electron chi connectivity index (χ1n) is 6.91. The number of unbranched alkanes of at least 4 members (excludes halogenated alkanes) is 2. The summed E-state index contributed by atoms with van der Waals surface area (Å²) in [6, 6.07) is 5.95. The molecule has 1 heterocycles. The first-order valence-corrected chi connectivity index (χ1v) is 6.91. The molecule has 0 aromatic heterocycles. The highest BCUT2D eigenvalue weighted by atomic mass is 16.5. The van der Waals surface area contributed by atoms with Crippen molar-refractivity contribution >= 4 is 5.91 Å². The van der Waals surface area contributed by atoms with E-state index in [2.05, 4.69) is 10.6 Å². The maximum atomic E-state index is 12.0. The van der Waals surface area contributed by atoms with Gasteiger partial charge in [0, 0.05) is 38.9 Å². The van der Waals surface area contributed by atoms with Crippen LogP contribution in [0.25, 0.3) is 0 Å². The van der Waals surface area contributed by atoms with E-state index in [1.165, 1.54) is 11.1 Å². The van der Waals surface area contributed by atoms with Gasteiger partial charge in [0.1, 0.15) is 0 Å². The first-order chi connectivity index (χ1) is 9.31. The van der Waals surface area contributed by atoms with Crippen molar-refractivity contribution in [1.29, 1.82) is 0 Å². The normalized spacial score (nSPS) is 13.3. The molecule has 0 fully saturated rings. The molecule has 0 atom stereocenters. The van der Waals surface area contributed by atoms with E-state index in [0.29, 0.717) is 0 Å². The van der Waals surface area contributed by atoms with E-state index < -0.39 is 0 Å². The van der Waals surface area contributed by atoms with Gasteiger partial charge in [0.15, 0.2) is 0 Å². The van der Waals surface area contributed by atoms with Crippen LogP contribution in [0.4, 0.5) is 0 Å². The highest BCUT2D eigenvalue weighted by molar-refractivity contribution is 5.94. The Morgan fingerprint density at radius 2 is 2.11 bits per heavy atom. The Kier molecular flexibility index (Phi) is 5.36. The summed E-state index contributed by atoms with van der Waals surface area (Å²) in [7, 11) is 1.71. The van der Waals surface area contributed by atoms with E-state index in [0.717, 1.165) is 51.1 Å². The van der Waals surface area contributed by atoms with Crippen LogP contribution in [0.15, 0.2) is 18.2 Å². The molecular weight excluding hydrogens is 240 g/mol. The number of methoxy groups -OCH3 is 1. The van der Waals surface area contributed by atoms with Gasteiger partial charge in [-0.2, -0.15) is 0 Å². The van der Waals surface area contributed by atoms with Crippen LogP contribution in [0, 0.1) is 0 Å². The van der Waals surface area contributed by atoms with Crippen LogP contribution in [0.3, 0.4) is 0 Å². The molecule has 104 valence electrons. The number of carbonyl (C=O) groups excluding carboxylic acids is 1. The van der Waals surface area contributed by atoms with E-state index >= 15 is 0 Å². The molecule has 1 aromatic rings. The average molecular weight is 262 g/mol. The number of fused-ring (bicyclic) bond motifs is 1. The Hall–Kier alpha value is -1.39. The summed E-state index contributed by atoms with van der Waals surface area (Å²) >= 11 is 0. The van der Waals surface area contributed by atoms with Crippen molar-refractivity contribution in [3.05, 3.63) is 34.9 Å². The largest absolute Gasteiger partial charge is 0.385 e. The van der Waals surface area contributed by atoms with Gasteiger partial charge in [0.25, 0.3) is 5.91 Å². The minimum absolute atomic E-state index is 0.0291. The highest BCUT2D eigenvalue weighted by Crippen LogP contribution is 2.16. The molecule has 0 spiro atoms. The smallest absolute Gasteiger partial charge is 0.251 e. The van der Waals surface area contributed by atoms with E-state index in [4.69, 9.17) is 4.74 Å². The van der Waals surface area contributed by atoms with Crippen molar-refractivity contribution in [3.8, 4) is 0 Å². The fourth-order valence-electron chi connectivity index (χ4n) is 2.29. The molecular formula is C15H22N2O2. The van der Waals surface area contributed by atoms with Crippen LogP contribution >= 0.6 is 0 Å². The molecule has 1 aliphatic heterocycles. The molecule has 0 bridgehead atoms. The Morgan fingerprint density at radius 3 is 2.95 bits per heavy atom. The molecule has 2 N–H and O–H groups in total. The minimum Gasteiger partial charge on any atom is -0.385 e. The van der Waals surface area contributed by atoms with Crippen LogP contribution in [0.5, 0.6) is 0 Å². The molecule has 19 heavy (non-hydrogen) atoms. The van der Waals surface area contributed by atoms with Gasteiger partial charge in [0.2, 0.25) is 0 Å². The number of amides is 1. The van der Waals surface area contributed by atoms with E-state index in [1.807, 2.05) is 18.2 Å². The molecule has 1 amide bonds. The molecule has 2 rings (SSSR count). The minimum atomic E-state index is 0.0291. The molecule has 0 aliphatic carbocycles. The molecule has 0 unspecified atom stereocenters. The number of ether oxygens (including phenoxy) is 1. The second kappa shape index (κ2) is 7.26. The average Bonchev–Trinajstić information content (AvgIpc) is 2.89. The third-order valence-corrected chi connectivity index (χ3v) is 3.41. The third kappa shape index (κ3) is 4.04. The fourth-order valence-corrected chi connectivity index (χ4v) is 2.29. The van der Waals surface area contributed by atoms with E-state index in [1.54, 1.807) is 7.11 Å². The van der Waals surface area contributed by atoms with Gasteiger partial charge < -0.3 is 15.4 Å². The monoisotopic (exact) mass is 262 g/mol. The van der Waals surface area contributed by atoms with Gasteiger partial charge in [0.05, 0.1) is 0 Å². The SMILES string of the molecule is COCCCCCNC(=O)c1ccc2c(c1)CNC2. The summed E-state index contributed by atoms with van der Waals surface area (Å²) in [5.41, 5.74) is 3.31. The summed E-state index contributed by atoms with van der Waals surface area (Å²) in [6.07, 6.45) is 3.14. The maximum absolute atomic E-state index is 12.0. The molecule has 4 nitrogen and oxygen atoms in total. The summed E-state index contributed by atoms with van der Waals surface area (Å²) in [4.78, 5) is 12.0. The van der Waals surface area contributed by atoms with Crippen molar-refractivity contribution in [2.75, 3.05) is 20.3 Å². The number of rotatable bonds is 7. The lowest BCUT2D eigenvalue weighted by Crippen LogP contribution is -2.24. The van der Waals surface area contributed by atoms with E-state index in [9.17, 15) is 4.79 Å². The van der Waals surface area contributed by atoms with Crippen molar-refractivity contribution < 1.29 is 9.53 Å². The molecule has 0 saturated heterocycles. The molecule has 1 aromatic carbocycles. The second-order valence-corrected chi connectivity index (χ2v) is 4.90.